The highest BCUT2D eigenvalue weighted by Crippen LogP contribution is 2.27. The summed E-state index contributed by atoms with van der Waals surface area (Å²) >= 11 is 0. The maximum Gasteiger partial charge on any atom is 0.281 e. The zero-order valence-corrected chi connectivity index (χ0v) is 13.6. The third-order valence-electron chi connectivity index (χ3n) is 4.23. The Kier molecular flexibility index (Phi) is 5.40. The van der Waals surface area contributed by atoms with Crippen molar-refractivity contribution in [3.63, 3.8) is 0 Å². The van der Waals surface area contributed by atoms with Crippen LogP contribution >= 0.6 is 0 Å². The fourth-order valence-corrected chi connectivity index (χ4v) is 4.15. The molecule has 1 fully saturated rings. The van der Waals surface area contributed by atoms with Crippen molar-refractivity contribution in [1.29, 1.82) is 0 Å². The topological polar surface area (TPSA) is 60.9 Å². The minimum absolute atomic E-state index is 0.0601. The normalized spacial score (nSPS) is 24.7. The lowest BCUT2D eigenvalue weighted by Crippen LogP contribution is -2.52. The van der Waals surface area contributed by atoms with E-state index in [0.717, 1.165) is 12.8 Å². The van der Waals surface area contributed by atoms with Gasteiger partial charge in [-0.2, -0.15) is 17.0 Å². The molecule has 1 aliphatic heterocycles. The minimum atomic E-state index is -3.43. The molecule has 1 N–H and O–H groups in total. The van der Waals surface area contributed by atoms with Gasteiger partial charge >= 0.3 is 0 Å². The largest absolute Gasteiger partial charge is 0.396 e. The summed E-state index contributed by atoms with van der Waals surface area (Å²) in [4.78, 5) is 0. The molecule has 19 heavy (non-hydrogen) atoms. The minimum Gasteiger partial charge on any atom is -0.396 e. The van der Waals surface area contributed by atoms with Gasteiger partial charge in [0, 0.05) is 32.8 Å². The zero-order valence-electron chi connectivity index (χ0n) is 12.8. The van der Waals surface area contributed by atoms with E-state index < -0.39 is 10.2 Å². The first kappa shape index (κ1) is 16.9. The van der Waals surface area contributed by atoms with E-state index >= 15 is 0 Å². The van der Waals surface area contributed by atoms with Gasteiger partial charge in [-0.05, 0) is 31.1 Å². The Labute approximate surface area is 117 Å². The average molecular weight is 292 g/mol. The summed E-state index contributed by atoms with van der Waals surface area (Å²) in [5.74, 6) is 0.0712. The van der Waals surface area contributed by atoms with Gasteiger partial charge in [-0.3, -0.25) is 0 Å². The van der Waals surface area contributed by atoms with Crippen LogP contribution in [0.2, 0.25) is 0 Å². The fourth-order valence-electron chi connectivity index (χ4n) is 2.31. The van der Waals surface area contributed by atoms with E-state index in [2.05, 4.69) is 0 Å². The first-order valence-corrected chi connectivity index (χ1v) is 8.34. The number of rotatable bonds is 4. The molecule has 114 valence electrons. The summed E-state index contributed by atoms with van der Waals surface area (Å²) in [5, 5.41) is 9.22. The second-order valence-corrected chi connectivity index (χ2v) is 8.60. The first-order valence-electron chi connectivity index (χ1n) is 6.94. The van der Waals surface area contributed by atoms with Crippen LogP contribution in [0.4, 0.5) is 0 Å². The number of nitrogens with zero attached hydrogens (tertiary/aromatic N) is 2. The highest BCUT2D eigenvalue weighted by molar-refractivity contribution is 7.86. The van der Waals surface area contributed by atoms with Crippen LogP contribution in [0.1, 0.15) is 40.5 Å². The molecule has 0 radical (unpaired) electrons. The van der Waals surface area contributed by atoms with Crippen LogP contribution in [0, 0.1) is 11.3 Å². The van der Waals surface area contributed by atoms with Crippen molar-refractivity contribution in [2.24, 2.45) is 11.3 Å². The van der Waals surface area contributed by atoms with Crippen LogP contribution in [0.3, 0.4) is 0 Å². The molecule has 1 aliphatic rings. The van der Waals surface area contributed by atoms with Gasteiger partial charge in [-0.1, -0.05) is 20.8 Å². The fraction of sp³-hybridized carbons (Fsp3) is 1.00. The van der Waals surface area contributed by atoms with Crippen molar-refractivity contribution in [2.45, 2.75) is 46.6 Å². The van der Waals surface area contributed by atoms with Gasteiger partial charge in [-0.15, -0.1) is 0 Å². The second kappa shape index (κ2) is 6.08. The molecule has 1 heterocycles. The molecule has 0 aromatic carbocycles. The summed E-state index contributed by atoms with van der Waals surface area (Å²) in [6, 6.07) is -0.0768. The van der Waals surface area contributed by atoms with Gasteiger partial charge in [0.1, 0.15) is 0 Å². The van der Waals surface area contributed by atoms with E-state index in [4.69, 9.17) is 0 Å². The van der Waals surface area contributed by atoms with Crippen LogP contribution in [-0.2, 0) is 10.2 Å². The maximum absolute atomic E-state index is 12.6. The van der Waals surface area contributed by atoms with Gasteiger partial charge in [0.2, 0.25) is 0 Å². The highest BCUT2D eigenvalue weighted by Gasteiger charge is 2.37. The molecule has 2 unspecified atom stereocenters. The van der Waals surface area contributed by atoms with Gasteiger partial charge in [0.15, 0.2) is 0 Å². The second-order valence-electron chi connectivity index (χ2n) is 6.61. The quantitative estimate of drug-likeness (QED) is 0.849. The number of aliphatic hydroxyl groups is 1. The van der Waals surface area contributed by atoms with E-state index in [1.54, 1.807) is 7.05 Å². The Balaban J connectivity index is 2.85. The molecule has 5 nitrogen and oxygen atoms in total. The maximum atomic E-state index is 12.6. The van der Waals surface area contributed by atoms with Crippen molar-refractivity contribution >= 4 is 10.2 Å². The molecule has 0 amide bonds. The molecule has 1 saturated heterocycles. The van der Waals surface area contributed by atoms with E-state index in [-0.39, 0.29) is 24.0 Å². The number of hydrogen-bond donors (Lipinski definition) is 1. The Hall–Kier alpha value is -0.170. The molecule has 6 heteroatoms. The van der Waals surface area contributed by atoms with E-state index in [0.29, 0.717) is 13.1 Å². The van der Waals surface area contributed by atoms with Crippen LogP contribution < -0.4 is 0 Å². The summed E-state index contributed by atoms with van der Waals surface area (Å²) in [6.45, 7) is 9.10. The highest BCUT2D eigenvalue weighted by atomic mass is 32.2. The predicted molar refractivity (Wildman–Crippen MR) is 77.0 cm³/mol. The van der Waals surface area contributed by atoms with Crippen molar-refractivity contribution in [3.8, 4) is 0 Å². The summed E-state index contributed by atoms with van der Waals surface area (Å²) in [6.07, 6.45) is 1.73. The standard InChI is InChI=1S/C13H28N2O3S/c1-11(13(2,3)4)14(5)19(17,18)15-8-6-7-12(9-15)10-16/h11-12,16H,6-10H2,1-5H3. The van der Waals surface area contributed by atoms with E-state index in [1.165, 1.54) is 8.61 Å². The molecular formula is C13H28N2O3S. The van der Waals surface area contributed by atoms with Crippen LogP contribution in [0.25, 0.3) is 0 Å². The molecule has 0 spiro atoms. The number of aliphatic hydroxyl groups excluding tert-OH is 1. The molecule has 0 aliphatic carbocycles. The lowest BCUT2D eigenvalue weighted by Gasteiger charge is -2.39. The molecule has 2 atom stereocenters. The van der Waals surface area contributed by atoms with E-state index in [9.17, 15) is 13.5 Å². The van der Waals surface area contributed by atoms with Crippen molar-refractivity contribution in [1.82, 2.24) is 8.61 Å². The predicted octanol–water partition coefficient (Wildman–Crippen LogP) is 1.30. The Morgan fingerprint density at radius 2 is 2.00 bits per heavy atom. The Morgan fingerprint density at radius 3 is 2.47 bits per heavy atom. The lowest BCUT2D eigenvalue weighted by molar-refractivity contribution is 0.152. The first-order chi connectivity index (χ1) is 8.60. The van der Waals surface area contributed by atoms with Gasteiger partial charge in [-0.25, -0.2) is 0 Å². The summed E-state index contributed by atoms with van der Waals surface area (Å²) < 4.78 is 28.2. The van der Waals surface area contributed by atoms with E-state index in [1.807, 2.05) is 27.7 Å². The summed E-state index contributed by atoms with van der Waals surface area (Å²) in [7, 11) is -1.79. The van der Waals surface area contributed by atoms with Gasteiger partial charge in [0.05, 0.1) is 0 Å². The lowest BCUT2D eigenvalue weighted by atomic mass is 9.88. The molecule has 1 rings (SSSR count). The van der Waals surface area contributed by atoms with Gasteiger partial charge < -0.3 is 5.11 Å². The Bertz CT molecular complexity index is 389. The average Bonchev–Trinajstić information content (AvgIpc) is 2.35. The van der Waals surface area contributed by atoms with Crippen molar-refractivity contribution in [2.75, 3.05) is 26.7 Å². The van der Waals surface area contributed by atoms with Crippen molar-refractivity contribution < 1.29 is 13.5 Å². The molecule has 0 bridgehead atoms. The van der Waals surface area contributed by atoms with Crippen LogP contribution in [0.5, 0.6) is 0 Å². The summed E-state index contributed by atoms with van der Waals surface area (Å²) in [5.41, 5.74) is -0.103. The van der Waals surface area contributed by atoms with Gasteiger partial charge in [0.25, 0.3) is 10.2 Å². The van der Waals surface area contributed by atoms with Crippen molar-refractivity contribution in [3.05, 3.63) is 0 Å². The zero-order chi connectivity index (χ0) is 14.8. The third kappa shape index (κ3) is 3.90. The molecular weight excluding hydrogens is 264 g/mol. The molecule has 0 saturated carbocycles. The molecule has 0 aromatic heterocycles. The molecule has 0 aromatic rings. The number of hydrogen-bond acceptors (Lipinski definition) is 3. The smallest absolute Gasteiger partial charge is 0.281 e. The monoisotopic (exact) mass is 292 g/mol. The van der Waals surface area contributed by atoms with Crippen LogP contribution in [-0.4, -0.2) is 54.9 Å². The Morgan fingerprint density at radius 1 is 1.42 bits per heavy atom. The third-order valence-corrected chi connectivity index (χ3v) is 6.26. The number of piperidine rings is 1. The SMILES string of the molecule is CC(N(C)S(=O)(=O)N1CCCC(CO)C1)C(C)(C)C. The van der Waals surface area contributed by atoms with Crippen LogP contribution in [0.15, 0.2) is 0 Å².